The fourth-order valence-electron chi connectivity index (χ4n) is 2.12. The zero-order chi connectivity index (χ0) is 14.0. The molecule has 1 fully saturated rings. The quantitative estimate of drug-likeness (QED) is 0.662. The van der Waals surface area contributed by atoms with Gasteiger partial charge in [0.2, 0.25) is 5.91 Å². The number of hydrogen-bond acceptors (Lipinski definition) is 5. The molecule has 1 amide bonds. The Hall–Kier alpha value is -2.15. The Bertz CT molecular complexity index is 488. The number of nitrogens with two attached hydrogens (primary N) is 1. The number of hydrogen-bond donors (Lipinski definition) is 3. The number of aromatic nitrogens is 1. The minimum absolute atomic E-state index is 0.00319. The molecule has 1 aliphatic rings. The largest absolute Gasteiger partial charge is 0.480 e. The first-order valence-electron chi connectivity index (χ1n) is 5.88. The Morgan fingerprint density at radius 2 is 2.21 bits per heavy atom. The van der Waals surface area contributed by atoms with E-state index in [0.717, 1.165) is 0 Å². The van der Waals surface area contributed by atoms with Crippen LogP contribution in [0.1, 0.15) is 12.1 Å². The molecule has 0 spiro atoms. The third kappa shape index (κ3) is 3.00. The summed E-state index contributed by atoms with van der Waals surface area (Å²) in [7, 11) is 0. The number of carboxylic acids is 1. The molecular weight excluding hydrogens is 250 g/mol. The van der Waals surface area contributed by atoms with Gasteiger partial charge >= 0.3 is 5.97 Å². The molecule has 0 radical (unpaired) electrons. The van der Waals surface area contributed by atoms with Crippen LogP contribution < -0.4 is 5.73 Å². The summed E-state index contributed by atoms with van der Waals surface area (Å²) in [4.78, 5) is 28.2. The predicted octanol–water partition coefficient (Wildman–Crippen LogP) is -0.747. The predicted molar refractivity (Wildman–Crippen MR) is 66.1 cm³/mol. The van der Waals surface area contributed by atoms with E-state index in [1.54, 1.807) is 12.1 Å². The molecule has 2 heterocycles. The maximum absolute atomic E-state index is 12.0. The number of carboxylic acid groups (broad SMARTS) is 1. The van der Waals surface area contributed by atoms with Crippen molar-refractivity contribution in [1.29, 1.82) is 0 Å². The van der Waals surface area contributed by atoms with E-state index in [1.165, 1.54) is 11.1 Å². The van der Waals surface area contributed by atoms with Gasteiger partial charge in [0.1, 0.15) is 6.04 Å². The first kappa shape index (κ1) is 13.3. The van der Waals surface area contributed by atoms with Crippen molar-refractivity contribution in [3.8, 4) is 0 Å². The highest BCUT2D eigenvalue weighted by atomic mass is 16.4. The van der Waals surface area contributed by atoms with Crippen LogP contribution in [0.3, 0.4) is 0 Å². The van der Waals surface area contributed by atoms with Gasteiger partial charge < -0.3 is 20.8 Å². The minimum atomic E-state index is -1.10. The number of nitrogen functional groups attached to an aromatic ring is 1. The molecule has 1 aromatic heterocycles. The number of carbonyl (C=O) groups is 2. The highest BCUT2D eigenvalue weighted by Gasteiger charge is 2.38. The number of pyridine rings is 1. The molecule has 1 aromatic rings. The van der Waals surface area contributed by atoms with Gasteiger partial charge in [-0.05, 0) is 12.1 Å². The number of rotatable bonds is 3. The topological polar surface area (TPSA) is 117 Å². The summed E-state index contributed by atoms with van der Waals surface area (Å²) in [6.45, 7) is 0.0464. The number of likely N-dealkylation sites (tertiary alicyclic amines) is 1. The summed E-state index contributed by atoms with van der Waals surface area (Å²) in [5.41, 5.74) is 6.51. The summed E-state index contributed by atoms with van der Waals surface area (Å²) in [6.07, 6.45) is 0.716. The highest BCUT2D eigenvalue weighted by Crippen LogP contribution is 2.19. The van der Waals surface area contributed by atoms with Crippen LogP contribution in [0.5, 0.6) is 0 Å². The van der Waals surface area contributed by atoms with Crippen LogP contribution in [-0.4, -0.2) is 50.7 Å². The molecule has 1 unspecified atom stereocenters. The lowest BCUT2D eigenvalue weighted by molar-refractivity contribution is -0.148. The zero-order valence-electron chi connectivity index (χ0n) is 10.2. The molecule has 0 aliphatic carbocycles. The maximum atomic E-state index is 12.0. The SMILES string of the molecule is Nc1ccc(CC(=O)N2CC(O)C[C@H]2C(=O)O)nc1. The van der Waals surface area contributed by atoms with Crippen LogP contribution in [0.4, 0.5) is 5.69 Å². The average Bonchev–Trinajstić information content (AvgIpc) is 2.74. The Morgan fingerprint density at radius 3 is 2.79 bits per heavy atom. The number of β-amino-alcohol motifs (C(OH)–C–C–N with tert-alkyl or cyclic N) is 1. The second-order valence-electron chi connectivity index (χ2n) is 4.55. The van der Waals surface area contributed by atoms with Crippen molar-refractivity contribution >= 4 is 17.6 Å². The molecule has 2 rings (SSSR count). The zero-order valence-corrected chi connectivity index (χ0v) is 10.2. The Balaban J connectivity index is 2.06. The lowest BCUT2D eigenvalue weighted by Gasteiger charge is -2.20. The van der Waals surface area contributed by atoms with Gasteiger partial charge in [-0.15, -0.1) is 0 Å². The molecule has 1 aliphatic heterocycles. The third-order valence-corrected chi connectivity index (χ3v) is 3.06. The van der Waals surface area contributed by atoms with Crippen molar-refractivity contribution < 1.29 is 19.8 Å². The summed E-state index contributed by atoms with van der Waals surface area (Å²) >= 11 is 0. The van der Waals surface area contributed by atoms with Crippen molar-refractivity contribution in [3.63, 3.8) is 0 Å². The minimum Gasteiger partial charge on any atom is -0.480 e. The fraction of sp³-hybridized carbons (Fsp3) is 0.417. The normalized spacial score (nSPS) is 22.5. The number of carbonyl (C=O) groups excluding carboxylic acids is 1. The molecule has 0 bridgehead atoms. The molecule has 2 atom stereocenters. The molecule has 7 nitrogen and oxygen atoms in total. The lowest BCUT2D eigenvalue weighted by Crippen LogP contribution is -2.41. The van der Waals surface area contributed by atoms with Gasteiger partial charge in [0.05, 0.1) is 24.4 Å². The number of aliphatic carboxylic acids is 1. The molecule has 0 saturated carbocycles. The van der Waals surface area contributed by atoms with E-state index in [0.29, 0.717) is 11.4 Å². The summed E-state index contributed by atoms with van der Waals surface area (Å²) < 4.78 is 0. The van der Waals surface area contributed by atoms with Gasteiger partial charge in [-0.1, -0.05) is 0 Å². The van der Waals surface area contributed by atoms with Gasteiger partial charge in [0.15, 0.2) is 0 Å². The Labute approximate surface area is 109 Å². The molecule has 19 heavy (non-hydrogen) atoms. The van der Waals surface area contributed by atoms with E-state index in [2.05, 4.69) is 4.98 Å². The van der Waals surface area contributed by atoms with E-state index in [4.69, 9.17) is 10.8 Å². The molecule has 1 saturated heterocycles. The van der Waals surface area contributed by atoms with Crippen LogP contribution in [0.15, 0.2) is 18.3 Å². The number of nitrogens with zero attached hydrogens (tertiary/aromatic N) is 2. The van der Waals surface area contributed by atoms with Crippen molar-refractivity contribution in [2.24, 2.45) is 0 Å². The van der Waals surface area contributed by atoms with Gasteiger partial charge in [0.25, 0.3) is 0 Å². The van der Waals surface area contributed by atoms with Crippen LogP contribution in [0, 0.1) is 0 Å². The van der Waals surface area contributed by atoms with E-state index in [1.807, 2.05) is 0 Å². The molecule has 7 heteroatoms. The van der Waals surface area contributed by atoms with Crippen molar-refractivity contribution in [2.75, 3.05) is 12.3 Å². The smallest absolute Gasteiger partial charge is 0.326 e. The first-order valence-corrected chi connectivity index (χ1v) is 5.88. The van der Waals surface area contributed by atoms with Gasteiger partial charge in [0, 0.05) is 18.7 Å². The molecule has 0 aromatic carbocycles. The third-order valence-electron chi connectivity index (χ3n) is 3.06. The average molecular weight is 265 g/mol. The van der Waals surface area contributed by atoms with Crippen molar-refractivity contribution in [3.05, 3.63) is 24.0 Å². The molecule has 102 valence electrons. The fourth-order valence-corrected chi connectivity index (χ4v) is 2.12. The first-order chi connectivity index (χ1) is 8.97. The monoisotopic (exact) mass is 265 g/mol. The lowest BCUT2D eigenvalue weighted by atomic mass is 10.2. The van der Waals surface area contributed by atoms with Crippen molar-refractivity contribution in [2.45, 2.75) is 25.0 Å². The number of anilines is 1. The van der Waals surface area contributed by atoms with E-state index in [9.17, 15) is 14.7 Å². The molecular formula is C12H15N3O4. The van der Waals surface area contributed by atoms with Crippen LogP contribution in [-0.2, 0) is 16.0 Å². The summed E-state index contributed by atoms with van der Waals surface area (Å²) in [5, 5.41) is 18.5. The van der Waals surface area contributed by atoms with Gasteiger partial charge in [-0.2, -0.15) is 0 Å². The summed E-state index contributed by atoms with van der Waals surface area (Å²) in [6, 6.07) is 2.29. The van der Waals surface area contributed by atoms with E-state index >= 15 is 0 Å². The van der Waals surface area contributed by atoms with E-state index in [-0.39, 0.29) is 25.3 Å². The van der Waals surface area contributed by atoms with Crippen LogP contribution >= 0.6 is 0 Å². The Kier molecular flexibility index (Phi) is 3.66. The van der Waals surface area contributed by atoms with Gasteiger partial charge in [-0.25, -0.2) is 4.79 Å². The molecule has 4 N–H and O–H groups in total. The second-order valence-corrected chi connectivity index (χ2v) is 4.55. The second kappa shape index (κ2) is 5.23. The van der Waals surface area contributed by atoms with E-state index < -0.39 is 18.1 Å². The van der Waals surface area contributed by atoms with Gasteiger partial charge in [-0.3, -0.25) is 9.78 Å². The number of aliphatic hydroxyl groups is 1. The highest BCUT2D eigenvalue weighted by molar-refractivity contribution is 5.85. The van der Waals surface area contributed by atoms with Crippen LogP contribution in [0.25, 0.3) is 0 Å². The number of amides is 1. The van der Waals surface area contributed by atoms with Crippen LogP contribution in [0.2, 0.25) is 0 Å². The standard InChI is InChI=1S/C12H15N3O4/c13-7-1-2-8(14-5-7)3-11(17)15-6-9(16)4-10(15)12(18)19/h1-2,5,9-10,16H,3-4,6,13H2,(H,18,19)/t9?,10-/m0/s1. The maximum Gasteiger partial charge on any atom is 0.326 e. The summed E-state index contributed by atoms with van der Waals surface area (Å²) in [5.74, 6) is -1.46. The van der Waals surface area contributed by atoms with Crippen molar-refractivity contribution in [1.82, 2.24) is 9.88 Å². The number of aliphatic hydroxyl groups excluding tert-OH is 1. The Morgan fingerprint density at radius 1 is 1.47 bits per heavy atom.